The Hall–Kier alpha value is -2.94. The van der Waals surface area contributed by atoms with Crippen molar-refractivity contribution >= 4 is 28.1 Å². The monoisotopic (exact) mass is 274 g/mol. The number of hydrogen-bond donors (Lipinski definition) is 1. The molecule has 0 amide bonds. The third-order valence-corrected chi connectivity index (χ3v) is 3.26. The van der Waals surface area contributed by atoms with Gasteiger partial charge in [-0.2, -0.15) is 0 Å². The molecule has 3 heteroatoms. The van der Waals surface area contributed by atoms with E-state index in [1.54, 1.807) is 6.20 Å². The van der Waals surface area contributed by atoms with Gasteiger partial charge in [0.05, 0.1) is 5.52 Å². The van der Waals surface area contributed by atoms with Crippen LogP contribution in [0.1, 0.15) is 10.4 Å². The van der Waals surface area contributed by atoms with E-state index >= 15 is 0 Å². The number of aldehydes is 1. The maximum Gasteiger partial charge on any atom is 0.152 e. The van der Waals surface area contributed by atoms with Crippen molar-refractivity contribution in [1.29, 1.82) is 0 Å². The quantitative estimate of drug-likeness (QED) is 0.528. The molecule has 0 unspecified atom stereocenters. The van der Waals surface area contributed by atoms with Gasteiger partial charge in [-0.05, 0) is 18.2 Å². The summed E-state index contributed by atoms with van der Waals surface area (Å²) >= 11 is 0. The molecule has 1 N–H and O–H groups in total. The van der Waals surface area contributed by atoms with Gasteiger partial charge in [-0.3, -0.25) is 9.78 Å². The Kier molecular flexibility index (Phi) is 3.74. The molecule has 102 valence electrons. The first-order valence-electron chi connectivity index (χ1n) is 6.69. The highest BCUT2D eigenvalue weighted by molar-refractivity contribution is 5.96. The molecular weight excluding hydrogens is 260 g/mol. The Morgan fingerprint density at radius 2 is 1.67 bits per heavy atom. The Morgan fingerprint density at radius 3 is 2.52 bits per heavy atom. The lowest BCUT2D eigenvalue weighted by Crippen LogP contribution is -1.73. The number of fused-ring (bicyclic) bond motifs is 2. The number of aromatic amines is 1. The van der Waals surface area contributed by atoms with E-state index in [0.717, 1.165) is 28.3 Å². The molecule has 0 fully saturated rings. The zero-order valence-electron chi connectivity index (χ0n) is 11.4. The standard InChI is InChI=1S/C9H7NO.C9H7N/c11-6-7-5-10-9-4-2-1-3-8(7)9;1-2-6-9-8(4-1)5-3-7-10-9/h1-6,10H;1-7H. The predicted octanol–water partition coefficient (Wildman–Crippen LogP) is 4.22. The second kappa shape index (κ2) is 6.01. The molecule has 3 nitrogen and oxygen atoms in total. The van der Waals surface area contributed by atoms with Crippen LogP contribution in [0.25, 0.3) is 21.8 Å². The molecule has 2 aromatic carbocycles. The number of nitrogens with zero attached hydrogens (tertiary/aromatic N) is 1. The van der Waals surface area contributed by atoms with Crippen LogP contribution >= 0.6 is 0 Å². The fraction of sp³-hybridized carbons (Fsp3) is 0. The molecule has 0 aliphatic heterocycles. The Morgan fingerprint density at radius 1 is 0.905 bits per heavy atom. The number of carbonyl (C=O) groups is 1. The number of pyridine rings is 1. The Bertz CT molecular complexity index is 815. The average molecular weight is 274 g/mol. The summed E-state index contributed by atoms with van der Waals surface area (Å²) in [5.74, 6) is 0. The minimum Gasteiger partial charge on any atom is -0.360 e. The number of aromatic nitrogens is 2. The molecule has 4 rings (SSSR count). The second-order valence-corrected chi connectivity index (χ2v) is 4.60. The van der Waals surface area contributed by atoms with Crippen molar-refractivity contribution in [2.45, 2.75) is 0 Å². The van der Waals surface area contributed by atoms with Gasteiger partial charge < -0.3 is 4.98 Å². The summed E-state index contributed by atoms with van der Waals surface area (Å²) in [5, 5.41) is 2.19. The Labute approximate surface area is 122 Å². The summed E-state index contributed by atoms with van der Waals surface area (Å²) in [6.45, 7) is 0. The SMILES string of the molecule is O=Cc1c[nH]c2ccccc12.c1ccc2ncccc2c1. The Balaban J connectivity index is 0.000000126. The molecule has 21 heavy (non-hydrogen) atoms. The third kappa shape index (κ3) is 2.82. The van der Waals surface area contributed by atoms with Gasteiger partial charge in [-0.25, -0.2) is 0 Å². The maximum atomic E-state index is 10.5. The average Bonchev–Trinajstić information content (AvgIpc) is 2.99. The van der Waals surface area contributed by atoms with E-state index < -0.39 is 0 Å². The number of para-hydroxylation sites is 2. The van der Waals surface area contributed by atoms with Gasteiger partial charge in [0.1, 0.15) is 0 Å². The van der Waals surface area contributed by atoms with Crippen molar-refractivity contribution in [1.82, 2.24) is 9.97 Å². The van der Waals surface area contributed by atoms with Crippen molar-refractivity contribution in [3.8, 4) is 0 Å². The van der Waals surface area contributed by atoms with E-state index in [1.165, 1.54) is 5.39 Å². The zero-order valence-corrected chi connectivity index (χ0v) is 11.4. The van der Waals surface area contributed by atoms with Crippen LogP contribution in [0.2, 0.25) is 0 Å². The van der Waals surface area contributed by atoms with E-state index in [9.17, 15) is 4.79 Å². The summed E-state index contributed by atoms with van der Waals surface area (Å²) in [6.07, 6.45) is 4.39. The second-order valence-electron chi connectivity index (χ2n) is 4.60. The number of nitrogens with one attached hydrogen (secondary N) is 1. The lowest BCUT2D eigenvalue weighted by Gasteiger charge is -1.91. The molecule has 4 aromatic rings. The van der Waals surface area contributed by atoms with Crippen LogP contribution in [-0.2, 0) is 0 Å². The van der Waals surface area contributed by atoms with E-state index in [0.29, 0.717) is 0 Å². The van der Waals surface area contributed by atoms with Crippen molar-refractivity contribution in [2.75, 3.05) is 0 Å². The van der Waals surface area contributed by atoms with Gasteiger partial charge >= 0.3 is 0 Å². The lowest BCUT2D eigenvalue weighted by molar-refractivity contribution is 0.112. The summed E-state index contributed by atoms with van der Waals surface area (Å²) in [6, 6.07) is 19.8. The molecular formula is C18H14N2O. The van der Waals surface area contributed by atoms with Crippen LogP contribution < -0.4 is 0 Å². The highest BCUT2D eigenvalue weighted by atomic mass is 16.1. The van der Waals surface area contributed by atoms with Crippen molar-refractivity contribution < 1.29 is 4.79 Å². The molecule has 0 spiro atoms. The number of benzene rings is 2. The van der Waals surface area contributed by atoms with Gasteiger partial charge in [-0.15, -0.1) is 0 Å². The highest BCUT2D eigenvalue weighted by Gasteiger charge is 1.98. The highest BCUT2D eigenvalue weighted by Crippen LogP contribution is 2.15. The number of H-pyrrole nitrogens is 1. The molecule has 0 bridgehead atoms. The molecule has 0 saturated heterocycles. The van der Waals surface area contributed by atoms with E-state index in [1.807, 2.05) is 54.7 Å². The minimum absolute atomic E-state index is 0.723. The van der Waals surface area contributed by atoms with Crippen molar-refractivity contribution in [2.24, 2.45) is 0 Å². The van der Waals surface area contributed by atoms with E-state index in [-0.39, 0.29) is 0 Å². The fourth-order valence-corrected chi connectivity index (χ4v) is 2.21. The first-order valence-corrected chi connectivity index (χ1v) is 6.69. The molecule has 0 radical (unpaired) electrons. The van der Waals surface area contributed by atoms with Gasteiger partial charge in [0, 0.05) is 34.2 Å². The molecule has 0 aliphatic rings. The van der Waals surface area contributed by atoms with Crippen molar-refractivity contribution in [3.63, 3.8) is 0 Å². The van der Waals surface area contributed by atoms with E-state index in [4.69, 9.17) is 0 Å². The molecule has 0 aliphatic carbocycles. The first-order chi connectivity index (χ1) is 10.4. The summed E-state index contributed by atoms with van der Waals surface area (Å²) in [7, 11) is 0. The number of carbonyl (C=O) groups excluding carboxylic acids is 1. The van der Waals surface area contributed by atoms with Gasteiger partial charge in [0.25, 0.3) is 0 Å². The molecule has 0 saturated carbocycles. The fourth-order valence-electron chi connectivity index (χ4n) is 2.21. The van der Waals surface area contributed by atoms with Crippen LogP contribution in [0.4, 0.5) is 0 Å². The van der Waals surface area contributed by atoms with Gasteiger partial charge in [-0.1, -0.05) is 42.5 Å². The van der Waals surface area contributed by atoms with Crippen LogP contribution in [-0.4, -0.2) is 16.3 Å². The summed E-state index contributed by atoms with van der Waals surface area (Å²) in [4.78, 5) is 17.7. The number of hydrogen-bond acceptors (Lipinski definition) is 2. The van der Waals surface area contributed by atoms with Crippen LogP contribution in [0.5, 0.6) is 0 Å². The normalized spacial score (nSPS) is 10.1. The van der Waals surface area contributed by atoms with Crippen molar-refractivity contribution in [3.05, 3.63) is 78.6 Å². The summed E-state index contributed by atoms with van der Waals surface area (Å²) < 4.78 is 0. The minimum atomic E-state index is 0.723. The zero-order chi connectivity index (χ0) is 14.5. The first kappa shape index (κ1) is 13.1. The lowest BCUT2D eigenvalue weighted by atomic mass is 10.2. The van der Waals surface area contributed by atoms with Crippen LogP contribution in [0.15, 0.2) is 73.1 Å². The third-order valence-electron chi connectivity index (χ3n) is 3.26. The topological polar surface area (TPSA) is 45.8 Å². The van der Waals surface area contributed by atoms with Gasteiger partial charge in [0.2, 0.25) is 0 Å². The molecule has 2 heterocycles. The van der Waals surface area contributed by atoms with Crippen LogP contribution in [0.3, 0.4) is 0 Å². The number of rotatable bonds is 1. The van der Waals surface area contributed by atoms with Crippen LogP contribution in [0, 0.1) is 0 Å². The predicted molar refractivity (Wildman–Crippen MR) is 85.4 cm³/mol. The maximum absolute atomic E-state index is 10.5. The summed E-state index contributed by atoms with van der Waals surface area (Å²) in [5.41, 5.74) is 2.79. The molecule has 0 atom stereocenters. The smallest absolute Gasteiger partial charge is 0.152 e. The van der Waals surface area contributed by atoms with Gasteiger partial charge in [0.15, 0.2) is 6.29 Å². The molecule has 2 aromatic heterocycles. The van der Waals surface area contributed by atoms with E-state index in [2.05, 4.69) is 22.1 Å². The largest absolute Gasteiger partial charge is 0.360 e.